The smallest absolute Gasteiger partial charge is 0.231 e. The molecule has 0 atom stereocenters. The number of hydrogen-bond donors (Lipinski definition) is 3. The van der Waals surface area contributed by atoms with Crippen LogP contribution in [0.3, 0.4) is 0 Å². The number of carbonyl (C=O) groups excluding carboxylic acids is 1. The van der Waals surface area contributed by atoms with Crippen molar-refractivity contribution in [2.75, 3.05) is 26.4 Å². The number of rotatable bonds is 8. The molecule has 1 heterocycles. The van der Waals surface area contributed by atoms with Gasteiger partial charge in [-0.15, -0.1) is 0 Å². The molecule has 0 spiro atoms. The molecule has 7 heteroatoms. The maximum Gasteiger partial charge on any atom is 0.231 e. The molecule has 1 fully saturated rings. The molecule has 0 aromatic heterocycles. The van der Waals surface area contributed by atoms with Crippen LogP contribution in [-0.2, 0) is 11.3 Å². The first kappa shape index (κ1) is 19.3. The van der Waals surface area contributed by atoms with Gasteiger partial charge in [0, 0.05) is 26.1 Å². The number of carbonyl (C=O) groups is 1. The molecule has 0 radical (unpaired) electrons. The van der Waals surface area contributed by atoms with Crippen molar-refractivity contribution in [3.8, 4) is 11.5 Å². The molecule has 3 rings (SSSR count). The zero-order valence-electron chi connectivity index (χ0n) is 16.1. The van der Waals surface area contributed by atoms with Crippen molar-refractivity contribution in [3.05, 3.63) is 23.8 Å². The number of nitrogens with one attached hydrogen (secondary N) is 3. The highest BCUT2D eigenvalue weighted by atomic mass is 16.7. The fourth-order valence-corrected chi connectivity index (χ4v) is 3.48. The summed E-state index contributed by atoms with van der Waals surface area (Å²) in [6.45, 7) is 4.87. The van der Waals surface area contributed by atoms with Crippen molar-refractivity contribution in [2.45, 2.75) is 45.6 Å². The summed E-state index contributed by atoms with van der Waals surface area (Å²) in [6.07, 6.45) is 5.60. The third-order valence-electron chi connectivity index (χ3n) is 4.89. The largest absolute Gasteiger partial charge is 0.454 e. The lowest BCUT2D eigenvalue weighted by atomic mass is 10.0. The molecule has 0 unspecified atom stereocenters. The molecule has 1 aliphatic heterocycles. The number of benzene rings is 1. The molecule has 1 amide bonds. The van der Waals surface area contributed by atoms with Gasteiger partial charge in [0.2, 0.25) is 12.7 Å². The molecule has 1 aliphatic carbocycles. The van der Waals surface area contributed by atoms with E-state index < -0.39 is 0 Å². The van der Waals surface area contributed by atoms with Gasteiger partial charge in [-0.3, -0.25) is 4.79 Å². The Labute approximate surface area is 160 Å². The second-order valence-corrected chi connectivity index (χ2v) is 7.01. The van der Waals surface area contributed by atoms with Gasteiger partial charge in [0.05, 0.1) is 6.54 Å². The zero-order valence-corrected chi connectivity index (χ0v) is 16.1. The zero-order chi connectivity index (χ0) is 18.9. The SMILES string of the molecule is CCNC(=NCc1ccc2c(c1)OCO2)NCCNC(=O)CC1CCCC1. The summed E-state index contributed by atoms with van der Waals surface area (Å²) in [6, 6.07) is 5.86. The predicted octanol–water partition coefficient (Wildman–Crippen LogP) is 2.17. The number of ether oxygens (including phenoxy) is 2. The van der Waals surface area contributed by atoms with E-state index in [-0.39, 0.29) is 12.7 Å². The van der Waals surface area contributed by atoms with Crippen LogP contribution in [0.5, 0.6) is 11.5 Å². The summed E-state index contributed by atoms with van der Waals surface area (Å²) in [5.74, 6) is 3.02. The van der Waals surface area contributed by atoms with Crippen molar-refractivity contribution >= 4 is 11.9 Å². The van der Waals surface area contributed by atoms with Crippen LogP contribution in [0, 0.1) is 5.92 Å². The average Bonchev–Trinajstić information content (AvgIpc) is 3.34. The Bertz CT molecular complexity index is 657. The van der Waals surface area contributed by atoms with E-state index in [1.807, 2.05) is 25.1 Å². The molecule has 7 nitrogen and oxygen atoms in total. The predicted molar refractivity (Wildman–Crippen MR) is 105 cm³/mol. The van der Waals surface area contributed by atoms with Crippen molar-refractivity contribution < 1.29 is 14.3 Å². The quantitative estimate of drug-likeness (QED) is 0.369. The maximum absolute atomic E-state index is 12.0. The molecular weight excluding hydrogens is 344 g/mol. The highest BCUT2D eigenvalue weighted by Gasteiger charge is 2.18. The molecule has 0 saturated heterocycles. The van der Waals surface area contributed by atoms with Gasteiger partial charge in [-0.05, 0) is 43.4 Å². The van der Waals surface area contributed by atoms with E-state index in [2.05, 4.69) is 20.9 Å². The third kappa shape index (κ3) is 6.05. The van der Waals surface area contributed by atoms with Gasteiger partial charge < -0.3 is 25.4 Å². The Balaban J connectivity index is 1.40. The minimum absolute atomic E-state index is 0.158. The Morgan fingerprint density at radius 3 is 2.70 bits per heavy atom. The van der Waals surface area contributed by atoms with E-state index in [1.165, 1.54) is 25.7 Å². The lowest BCUT2D eigenvalue weighted by molar-refractivity contribution is -0.121. The van der Waals surface area contributed by atoms with E-state index in [4.69, 9.17) is 9.47 Å². The number of aliphatic imine (C=N–C) groups is 1. The molecule has 1 aromatic carbocycles. The second-order valence-electron chi connectivity index (χ2n) is 7.01. The van der Waals surface area contributed by atoms with Gasteiger partial charge in [0.1, 0.15) is 0 Å². The van der Waals surface area contributed by atoms with Gasteiger partial charge in [-0.25, -0.2) is 4.99 Å². The fourth-order valence-electron chi connectivity index (χ4n) is 3.48. The number of fused-ring (bicyclic) bond motifs is 1. The van der Waals surface area contributed by atoms with Crippen LogP contribution in [-0.4, -0.2) is 38.3 Å². The highest BCUT2D eigenvalue weighted by Crippen LogP contribution is 2.32. The fraction of sp³-hybridized carbons (Fsp3) is 0.600. The van der Waals surface area contributed by atoms with E-state index >= 15 is 0 Å². The molecule has 1 aromatic rings. The van der Waals surface area contributed by atoms with Gasteiger partial charge >= 0.3 is 0 Å². The van der Waals surface area contributed by atoms with Gasteiger partial charge in [0.15, 0.2) is 17.5 Å². The Morgan fingerprint density at radius 1 is 1.11 bits per heavy atom. The summed E-state index contributed by atoms with van der Waals surface area (Å²) < 4.78 is 10.7. The van der Waals surface area contributed by atoms with Crippen LogP contribution in [0.4, 0.5) is 0 Å². The van der Waals surface area contributed by atoms with E-state index in [0.717, 1.165) is 29.6 Å². The van der Waals surface area contributed by atoms with Crippen LogP contribution in [0.2, 0.25) is 0 Å². The Hall–Kier alpha value is -2.44. The summed E-state index contributed by atoms with van der Waals surface area (Å²) in [5.41, 5.74) is 1.06. The molecular formula is C20H30N4O3. The first-order valence-electron chi connectivity index (χ1n) is 9.92. The Morgan fingerprint density at radius 2 is 1.89 bits per heavy atom. The lowest BCUT2D eigenvalue weighted by Crippen LogP contribution is -2.41. The van der Waals surface area contributed by atoms with Gasteiger partial charge in [0.25, 0.3) is 0 Å². The van der Waals surface area contributed by atoms with Gasteiger partial charge in [-0.2, -0.15) is 0 Å². The van der Waals surface area contributed by atoms with Crippen LogP contribution < -0.4 is 25.4 Å². The first-order chi connectivity index (χ1) is 13.2. The van der Waals surface area contributed by atoms with Crippen molar-refractivity contribution in [1.82, 2.24) is 16.0 Å². The number of nitrogens with zero attached hydrogens (tertiary/aromatic N) is 1. The highest BCUT2D eigenvalue weighted by molar-refractivity contribution is 5.80. The van der Waals surface area contributed by atoms with Crippen LogP contribution in [0.15, 0.2) is 23.2 Å². The first-order valence-corrected chi connectivity index (χ1v) is 9.92. The minimum Gasteiger partial charge on any atom is -0.454 e. The van der Waals surface area contributed by atoms with Crippen LogP contribution in [0.25, 0.3) is 0 Å². The third-order valence-corrected chi connectivity index (χ3v) is 4.89. The molecule has 1 saturated carbocycles. The second kappa shape index (κ2) is 10.0. The summed E-state index contributed by atoms with van der Waals surface area (Å²) in [5, 5.41) is 9.48. The van der Waals surface area contributed by atoms with E-state index in [0.29, 0.717) is 32.0 Å². The van der Waals surface area contributed by atoms with Crippen molar-refractivity contribution in [3.63, 3.8) is 0 Å². The van der Waals surface area contributed by atoms with Crippen LogP contribution >= 0.6 is 0 Å². The molecule has 27 heavy (non-hydrogen) atoms. The number of hydrogen-bond acceptors (Lipinski definition) is 4. The normalized spacial score (nSPS) is 16.4. The van der Waals surface area contributed by atoms with Crippen molar-refractivity contribution in [1.29, 1.82) is 0 Å². The molecule has 2 aliphatic rings. The van der Waals surface area contributed by atoms with Crippen LogP contribution in [0.1, 0.15) is 44.6 Å². The molecule has 0 bridgehead atoms. The number of amides is 1. The maximum atomic E-state index is 12.0. The Kier molecular flexibility index (Phi) is 7.19. The molecule has 148 valence electrons. The number of guanidine groups is 1. The monoisotopic (exact) mass is 374 g/mol. The lowest BCUT2D eigenvalue weighted by Gasteiger charge is -2.13. The van der Waals surface area contributed by atoms with E-state index in [9.17, 15) is 4.79 Å². The van der Waals surface area contributed by atoms with Crippen molar-refractivity contribution in [2.24, 2.45) is 10.9 Å². The molecule has 3 N–H and O–H groups in total. The summed E-state index contributed by atoms with van der Waals surface area (Å²) >= 11 is 0. The van der Waals surface area contributed by atoms with E-state index in [1.54, 1.807) is 0 Å². The summed E-state index contributed by atoms with van der Waals surface area (Å²) in [4.78, 5) is 16.6. The summed E-state index contributed by atoms with van der Waals surface area (Å²) in [7, 11) is 0. The standard InChI is InChI=1S/C20H30N4O3/c1-2-21-20(23-10-9-22-19(25)12-15-5-3-4-6-15)24-13-16-7-8-17-18(11-16)27-14-26-17/h7-8,11,15H,2-6,9-10,12-14H2,1H3,(H,22,25)(H2,21,23,24). The topological polar surface area (TPSA) is 84.0 Å². The minimum atomic E-state index is 0.158. The van der Waals surface area contributed by atoms with Gasteiger partial charge in [-0.1, -0.05) is 18.9 Å². The average molecular weight is 374 g/mol.